The van der Waals surface area contributed by atoms with Crippen LogP contribution < -0.4 is 10.2 Å². The smallest absolute Gasteiger partial charge is 0.270 e. The SMILES string of the molecule is CC(C)C1=CC2C=NC(C(=O)N[C@H]3CN(c4ccc(C#N)nn4)C[C@H]3O)=C2C=C1. The molecule has 1 saturated heterocycles. The molecule has 1 fully saturated rings. The van der Waals surface area contributed by atoms with Gasteiger partial charge in [0.25, 0.3) is 5.91 Å². The molecule has 8 nitrogen and oxygen atoms in total. The van der Waals surface area contributed by atoms with Crippen molar-refractivity contribution in [3.8, 4) is 6.07 Å². The minimum Gasteiger partial charge on any atom is -0.389 e. The number of allylic oxidation sites excluding steroid dienone is 5. The van der Waals surface area contributed by atoms with Crippen molar-refractivity contribution in [2.75, 3.05) is 18.0 Å². The van der Waals surface area contributed by atoms with E-state index in [-0.39, 0.29) is 17.5 Å². The number of hydrogen-bond donors (Lipinski definition) is 2. The maximum absolute atomic E-state index is 12.8. The molecule has 2 aliphatic heterocycles. The highest BCUT2D eigenvalue weighted by Gasteiger charge is 2.35. The maximum atomic E-state index is 12.8. The normalized spacial score (nSPS) is 25.3. The fourth-order valence-corrected chi connectivity index (χ4v) is 3.72. The first-order valence-corrected chi connectivity index (χ1v) is 9.62. The lowest BCUT2D eigenvalue weighted by molar-refractivity contribution is -0.118. The average Bonchev–Trinajstić information content (AvgIpc) is 3.31. The number of anilines is 1. The van der Waals surface area contributed by atoms with Gasteiger partial charge in [-0.1, -0.05) is 32.1 Å². The van der Waals surface area contributed by atoms with Gasteiger partial charge < -0.3 is 15.3 Å². The number of carbonyl (C=O) groups is 1. The number of β-amino-alcohol motifs (C(OH)–C–C–N with tert-alkyl or cyclic N) is 1. The van der Waals surface area contributed by atoms with Gasteiger partial charge in [-0.15, -0.1) is 10.2 Å². The third-order valence-corrected chi connectivity index (χ3v) is 5.40. The number of carbonyl (C=O) groups excluding carboxylic acids is 1. The van der Waals surface area contributed by atoms with E-state index in [2.05, 4.69) is 40.4 Å². The van der Waals surface area contributed by atoms with E-state index in [1.807, 2.05) is 23.1 Å². The highest BCUT2D eigenvalue weighted by atomic mass is 16.3. The van der Waals surface area contributed by atoms with Gasteiger partial charge in [0.1, 0.15) is 11.8 Å². The highest BCUT2D eigenvalue weighted by Crippen LogP contribution is 2.31. The van der Waals surface area contributed by atoms with Gasteiger partial charge >= 0.3 is 0 Å². The van der Waals surface area contributed by atoms with Crippen molar-refractivity contribution in [3.05, 3.63) is 52.9 Å². The Bertz CT molecular complexity index is 983. The minimum absolute atomic E-state index is 0.0251. The molecule has 4 rings (SSSR count). The Morgan fingerprint density at radius 2 is 2.14 bits per heavy atom. The number of nitriles is 1. The van der Waals surface area contributed by atoms with Crippen molar-refractivity contribution >= 4 is 17.9 Å². The molecular weight excluding hydrogens is 368 g/mol. The summed E-state index contributed by atoms with van der Waals surface area (Å²) in [6, 6.07) is 4.74. The van der Waals surface area contributed by atoms with E-state index >= 15 is 0 Å². The first kappa shape index (κ1) is 19.0. The number of aliphatic imine (C=N–C) groups is 1. The Labute approximate surface area is 169 Å². The predicted molar refractivity (Wildman–Crippen MR) is 108 cm³/mol. The Balaban J connectivity index is 1.44. The van der Waals surface area contributed by atoms with Crippen LogP contribution in [0.1, 0.15) is 19.5 Å². The summed E-state index contributed by atoms with van der Waals surface area (Å²) in [5.74, 6) is 0.713. The fraction of sp³-hybridized carbons (Fsp3) is 0.381. The molecule has 1 aromatic heterocycles. The molecular formula is C21H22N6O2. The van der Waals surface area contributed by atoms with Crippen LogP contribution in [0.2, 0.25) is 0 Å². The standard InChI is InChI=1S/C21H22N6O2/c1-12(2)13-3-5-16-14(7-13)9-23-20(16)21(29)24-17-10-27(11-18(17)28)19-6-4-15(8-22)25-26-19/h3-7,9,12,14,17-18,28H,10-11H2,1-2H3,(H,24,29)/t14?,17-,18+/m0/s1. The van der Waals surface area contributed by atoms with Crippen LogP contribution in [0.15, 0.2) is 52.2 Å². The number of aliphatic hydroxyl groups is 1. The van der Waals surface area contributed by atoms with E-state index in [0.717, 1.165) is 5.57 Å². The monoisotopic (exact) mass is 390 g/mol. The van der Waals surface area contributed by atoms with Crippen LogP contribution in [0.4, 0.5) is 5.82 Å². The molecule has 148 valence electrons. The van der Waals surface area contributed by atoms with E-state index < -0.39 is 12.1 Å². The van der Waals surface area contributed by atoms with Crippen LogP contribution in [0, 0.1) is 23.2 Å². The van der Waals surface area contributed by atoms with Crippen molar-refractivity contribution in [3.63, 3.8) is 0 Å². The molecule has 3 heterocycles. The summed E-state index contributed by atoms with van der Waals surface area (Å²) in [6.07, 6.45) is 7.19. The minimum atomic E-state index is -0.738. The van der Waals surface area contributed by atoms with Gasteiger partial charge in [-0.2, -0.15) is 5.26 Å². The van der Waals surface area contributed by atoms with Crippen LogP contribution >= 0.6 is 0 Å². The Morgan fingerprint density at radius 1 is 1.31 bits per heavy atom. The molecule has 1 unspecified atom stereocenters. The van der Waals surface area contributed by atoms with Crippen molar-refractivity contribution in [1.82, 2.24) is 15.5 Å². The van der Waals surface area contributed by atoms with Crippen LogP contribution in [0.5, 0.6) is 0 Å². The summed E-state index contributed by atoms with van der Waals surface area (Å²) >= 11 is 0. The second-order valence-electron chi connectivity index (χ2n) is 7.70. The molecule has 0 radical (unpaired) electrons. The predicted octanol–water partition coefficient (Wildman–Crippen LogP) is 1.12. The van der Waals surface area contributed by atoms with Crippen molar-refractivity contribution in [2.24, 2.45) is 16.8 Å². The van der Waals surface area contributed by atoms with E-state index in [4.69, 9.17) is 5.26 Å². The molecule has 8 heteroatoms. The van der Waals surface area contributed by atoms with Gasteiger partial charge in [0.15, 0.2) is 11.5 Å². The van der Waals surface area contributed by atoms with Crippen molar-refractivity contribution < 1.29 is 9.90 Å². The lowest BCUT2D eigenvalue weighted by Crippen LogP contribution is -2.43. The lowest BCUT2D eigenvalue weighted by Gasteiger charge is -2.18. The zero-order chi connectivity index (χ0) is 20.5. The van der Waals surface area contributed by atoms with Gasteiger partial charge in [0.05, 0.1) is 12.1 Å². The summed E-state index contributed by atoms with van der Waals surface area (Å²) in [4.78, 5) is 19.0. The quantitative estimate of drug-likeness (QED) is 0.796. The average molecular weight is 390 g/mol. The summed E-state index contributed by atoms with van der Waals surface area (Å²) in [6.45, 7) is 4.99. The molecule has 1 amide bonds. The summed E-state index contributed by atoms with van der Waals surface area (Å²) in [5, 5.41) is 30.0. The fourth-order valence-electron chi connectivity index (χ4n) is 3.72. The molecule has 1 aliphatic carbocycles. The van der Waals surface area contributed by atoms with Crippen LogP contribution in [0.3, 0.4) is 0 Å². The van der Waals surface area contributed by atoms with E-state index in [1.165, 1.54) is 5.57 Å². The number of aromatic nitrogens is 2. The van der Waals surface area contributed by atoms with Gasteiger partial charge in [0.2, 0.25) is 0 Å². The van der Waals surface area contributed by atoms with Crippen LogP contribution in [-0.4, -0.2) is 52.7 Å². The summed E-state index contributed by atoms with van der Waals surface area (Å²) < 4.78 is 0. The van der Waals surface area contributed by atoms with E-state index in [9.17, 15) is 9.90 Å². The molecule has 2 N–H and O–H groups in total. The van der Waals surface area contributed by atoms with Crippen molar-refractivity contribution in [1.29, 1.82) is 5.26 Å². The topological polar surface area (TPSA) is 115 Å². The van der Waals surface area contributed by atoms with Crippen molar-refractivity contribution in [2.45, 2.75) is 26.0 Å². The third-order valence-electron chi connectivity index (χ3n) is 5.40. The molecule has 3 atom stereocenters. The Hall–Kier alpha value is -3.31. The van der Waals surface area contributed by atoms with Gasteiger partial charge in [-0.3, -0.25) is 9.79 Å². The Kier molecular flexibility index (Phi) is 4.99. The van der Waals surface area contributed by atoms with Gasteiger partial charge in [-0.05, 0) is 29.2 Å². The highest BCUT2D eigenvalue weighted by molar-refractivity contribution is 6.00. The zero-order valence-corrected chi connectivity index (χ0v) is 16.3. The number of fused-ring (bicyclic) bond motifs is 1. The largest absolute Gasteiger partial charge is 0.389 e. The molecule has 1 aromatic rings. The molecule has 0 spiro atoms. The molecule has 3 aliphatic rings. The first-order valence-electron chi connectivity index (χ1n) is 9.62. The number of hydrogen-bond acceptors (Lipinski definition) is 7. The number of nitrogens with one attached hydrogen (secondary N) is 1. The maximum Gasteiger partial charge on any atom is 0.270 e. The first-order chi connectivity index (χ1) is 14.0. The molecule has 0 saturated carbocycles. The van der Waals surface area contributed by atoms with E-state index in [1.54, 1.807) is 18.3 Å². The molecule has 0 bridgehead atoms. The summed E-state index contributed by atoms with van der Waals surface area (Å²) in [7, 11) is 0. The lowest BCUT2D eigenvalue weighted by atomic mass is 9.88. The van der Waals surface area contributed by atoms with Gasteiger partial charge in [-0.25, -0.2) is 0 Å². The zero-order valence-electron chi connectivity index (χ0n) is 16.3. The second-order valence-corrected chi connectivity index (χ2v) is 7.70. The number of rotatable bonds is 4. The summed E-state index contributed by atoms with van der Waals surface area (Å²) in [5.41, 5.74) is 2.75. The van der Waals surface area contributed by atoms with Crippen LogP contribution in [0.25, 0.3) is 0 Å². The number of amides is 1. The Morgan fingerprint density at radius 3 is 2.83 bits per heavy atom. The number of nitrogens with zero attached hydrogens (tertiary/aromatic N) is 5. The third kappa shape index (κ3) is 3.69. The second kappa shape index (κ2) is 7.60. The molecule has 0 aromatic carbocycles. The van der Waals surface area contributed by atoms with Gasteiger partial charge in [0, 0.05) is 25.2 Å². The molecule has 29 heavy (non-hydrogen) atoms. The number of aliphatic hydroxyl groups excluding tert-OH is 1. The van der Waals surface area contributed by atoms with E-state index in [0.29, 0.717) is 30.5 Å². The van der Waals surface area contributed by atoms with Crippen LogP contribution in [-0.2, 0) is 4.79 Å².